The quantitative estimate of drug-likeness (QED) is 0.745. The summed E-state index contributed by atoms with van der Waals surface area (Å²) < 4.78 is 17.3. The van der Waals surface area contributed by atoms with Gasteiger partial charge in [0.25, 0.3) is 0 Å². The lowest BCUT2D eigenvalue weighted by Gasteiger charge is -2.39. The van der Waals surface area contributed by atoms with Gasteiger partial charge in [0.1, 0.15) is 5.75 Å². The number of hydrogen-bond acceptors (Lipinski definition) is 3. The number of benzene rings is 1. The second-order valence-electron chi connectivity index (χ2n) is 4.58. The number of rotatable bonds is 1. The van der Waals surface area contributed by atoms with Crippen molar-refractivity contribution in [2.45, 2.75) is 25.2 Å². The molecule has 3 rings (SSSR count). The van der Waals surface area contributed by atoms with Crippen LogP contribution in [0.3, 0.4) is 0 Å². The van der Waals surface area contributed by atoms with Crippen LogP contribution in [0.25, 0.3) is 6.08 Å². The molecule has 1 aromatic carbocycles. The van der Waals surface area contributed by atoms with Gasteiger partial charge in [-0.05, 0) is 25.5 Å². The highest BCUT2D eigenvalue weighted by Gasteiger charge is 2.39. The highest BCUT2D eigenvalue weighted by Crippen LogP contribution is 2.34. The minimum absolute atomic E-state index is 0.319. The Bertz CT molecular complexity index is 435. The molecule has 1 fully saturated rings. The summed E-state index contributed by atoms with van der Waals surface area (Å²) in [6.07, 6.45) is 4.72. The van der Waals surface area contributed by atoms with Gasteiger partial charge in [-0.2, -0.15) is 0 Å². The van der Waals surface area contributed by atoms with Crippen LogP contribution in [0.1, 0.15) is 18.9 Å². The maximum absolute atomic E-state index is 6.02. The lowest BCUT2D eigenvalue weighted by atomic mass is 9.99. The standard InChI is InChI=1S/C14H16O3/c1-14(13-15-9-4-10-16-13)8-7-11-5-2-3-6-12(11)17-14/h2-3,5-8,13H,4,9-10H2,1H3. The fourth-order valence-electron chi connectivity index (χ4n) is 2.18. The van der Waals surface area contributed by atoms with Crippen molar-refractivity contribution < 1.29 is 14.2 Å². The molecule has 90 valence electrons. The van der Waals surface area contributed by atoms with Gasteiger partial charge in [0.2, 0.25) is 6.29 Å². The van der Waals surface area contributed by atoms with E-state index in [1.165, 1.54) is 0 Å². The normalized spacial score (nSPS) is 28.5. The smallest absolute Gasteiger partial charge is 0.201 e. The zero-order valence-corrected chi connectivity index (χ0v) is 9.89. The van der Waals surface area contributed by atoms with E-state index >= 15 is 0 Å². The van der Waals surface area contributed by atoms with E-state index in [4.69, 9.17) is 14.2 Å². The van der Waals surface area contributed by atoms with Gasteiger partial charge in [-0.15, -0.1) is 0 Å². The van der Waals surface area contributed by atoms with E-state index in [0.29, 0.717) is 0 Å². The molecule has 17 heavy (non-hydrogen) atoms. The van der Waals surface area contributed by atoms with E-state index in [2.05, 4.69) is 6.08 Å². The number of ether oxygens (including phenoxy) is 3. The molecule has 0 amide bonds. The molecular weight excluding hydrogens is 216 g/mol. The predicted octanol–water partition coefficient (Wildman–Crippen LogP) is 2.61. The van der Waals surface area contributed by atoms with Crippen LogP contribution in [-0.2, 0) is 9.47 Å². The summed E-state index contributed by atoms with van der Waals surface area (Å²) in [5, 5.41) is 0. The summed E-state index contributed by atoms with van der Waals surface area (Å²) >= 11 is 0. The first-order valence-electron chi connectivity index (χ1n) is 5.98. The van der Waals surface area contributed by atoms with Gasteiger partial charge in [0.15, 0.2) is 5.60 Å². The van der Waals surface area contributed by atoms with Gasteiger partial charge in [-0.3, -0.25) is 0 Å². The van der Waals surface area contributed by atoms with E-state index in [9.17, 15) is 0 Å². The Morgan fingerprint density at radius 1 is 1.18 bits per heavy atom. The first kappa shape index (κ1) is 10.8. The molecule has 0 aromatic heterocycles. The molecule has 1 saturated heterocycles. The van der Waals surface area contributed by atoms with Crippen LogP contribution in [0, 0.1) is 0 Å². The molecular formula is C14H16O3. The number of fused-ring (bicyclic) bond motifs is 1. The van der Waals surface area contributed by atoms with Gasteiger partial charge in [0, 0.05) is 5.56 Å². The molecule has 2 heterocycles. The maximum atomic E-state index is 6.02. The Morgan fingerprint density at radius 2 is 1.94 bits per heavy atom. The van der Waals surface area contributed by atoms with Crippen molar-refractivity contribution in [2.75, 3.05) is 13.2 Å². The zero-order valence-electron chi connectivity index (χ0n) is 9.89. The average Bonchev–Trinajstić information content (AvgIpc) is 2.40. The largest absolute Gasteiger partial charge is 0.478 e. The summed E-state index contributed by atoms with van der Waals surface area (Å²) in [6.45, 7) is 3.47. The molecule has 2 aliphatic heterocycles. The molecule has 3 nitrogen and oxygen atoms in total. The number of hydrogen-bond donors (Lipinski definition) is 0. The molecule has 2 aliphatic rings. The van der Waals surface area contributed by atoms with Gasteiger partial charge in [-0.1, -0.05) is 24.3 Å². The summed E-state index contributed by atoms with van der Waals surface area (Å²) in [5.74, 6) is 0.885. The summed E-state index contributed by atoms with van der Waals surface area (Å²) in [4.78, 5) is 0. The average molecular weight is 232 g/mol. The summed E-state index contributed by atoms with van der Waals surface area (Å²) in [7, 11) is 0. The minimum Gasteiger partial charge on any atom is -0.478 e. The van der Waals surface area contributed by atoms with E-state index in [1.807, 2.05) is 37.3 Å². The molecule has 0 saturated carbocycles. The van der Waals surface area contributed by atoms with Crippen LogP contribution in [0.15, 0.2) is 30.3 Å². The Hall–Kier alpha value is -1.32. The summed E-state index contributed by atoms with van der Waals surface area (Å²) in [6, 6.07) is 7.98. The van der Waals surface area contributed by atoms with Crippen molar-refractivity contribution in [3.05, 3.63) is 35.9 Å². The van der Waals surface area contributed by atoms with Crippen LogP contribution in [0.4, 0.5) is 0 Å². The van der Waals surface area contributed by atoms with Crippen molar-refractivity contribution in [2.24, 2.45) is 0 Å². The molecule has 0 aliphatic carbocycles. The molecule has 3 heteroatoms. The third kappa shape index (κ3) is 1.96. The first-order valence-corrected chi connectivity index (χ1v) is 5.98. The fraction of sp³-hybridized carbons (Fsp3) is 0.429. The van der Waals surface area contributed by atoms with Crippen LogP contribution in [-0.4, -0.2) is 25.1 Å². The predicted molar refractivity (Wildman–Crippen MR) is 64.8 cm³/mol. The van der Waals surface area contributed by atoms with Crippen LogP contribution < -0.4 is 4.74 Å². The van der Waals surface area contributed by atoms with Gasteiger partial charge >= 0.3 is 0 Å². The third-order valence-corrected chi connectivity index (χ3v) is 3.14. The van der Waals surface area contributed by atoms with Crippen LogP contribution >= 0.6 is 0 Å². The minimum atomic E-state index is -0.533. The van der Waals surface area contributed by atoms with Crippen molar-refractivity contribution in [1.29, 1.82) is 0 Å². The fourth-order valence-corrected chi connectivity index (χ4v) is 2.18. The lowest BCUT2D eigenvalue weighted by molar-refractivity contribution is -0.235. The molecule has 1 atom stereocenters. The molecule has 0 N–H and O–H groups in total. The lowest BCUT2D eigenvalue weighted by Crippen LogP contribution is -2.49. The van der Waals surface area contributed by atoms with Crippen molar-refractivity contribution >= 4 is 6.08 Å². The van der Waals surface area contributed by atoms with Crippen LogP contribution in [0.5, 0.6) is 5.75 Å². The molecule has 0 radical (unpaired) electrons. The van der Waals surface area contributed by atoms with E-state index in [-0.39, 0.29) is 6.29 Å². The first-order chi connectivity index (χ1) is 8.28. The molecule has 0 bridgehead atoms. The topological polar surface area (TPSA) is 27.7 Å². The highest BCUT2D eigenvalue weighted by molar-refractivity contribution is 5.60. The van der Waals surface area contributed by atoms with Crippen molar-refractivity contribution in [3.8, 4) is 5.75 Å². The molecule has 1 unspecified atom stereocenters. The van der Waals surface area contributed by atoms with E-state index < -0.39 is 5.60 Å². The van der Waals surface area contributed by atoms with E-state index in [0.717, 1.165) is 30.9 Å². The van der Waals surface area contributed by atoms with Crippen LogP contribution in [0.2, 0.25) is 0 Å². The third-order valence-electron chi connectivity index (χ3n) is 3.14. The highest BCUT2D eigenvalue weighted by atomic mass is 16.7. The molecule has 0 spiro atoms. The van der Waals surface area contributed by atoms with Gasteiger partial charge in [0.05, 0.1) is 13.2 Å². The van der Waals surface area contributed by atoms with Crippen molar-refractivity contribution in [1.82, 2.24) is 0 Å². The van der Waals surface area contributed by atoms with Crippen molar-refractivity contribution in [3.63, 3.8) is 0 Å². The van der Waals surface area contributed by atoms with Gasteiger partial charge < -0.3 is 14.2 Å². The number of para-hydroxylation sites is 1. The SMILES string of the molecule is CC1(C2OCCCO2)C=Cc2ccccc2O1. The Balaban J connectivity index is 1.86. The Kier molecular flexibility index (Phi) is 2.65. The Morgan fingerprint density at radius 3 is 2.76 bits per heavy atom. The maximum Gasteiger partial charge on any atom is 0.201 e. The monoisotopic (exact) mass is 232 g/mol. The van der Waals surface area contributed by atoms with E-state index in [1.54, 1.807) is 0 Å². The zero-order chi connectivity index (χ0) is 11.7. The molecule has 1 aromatic rings. The Labute approximate surface area is 101 Å². The second-order valence-corrected chi connectivity index (χ2v) is 4.58. The second kappa shape index (κ2) is 4.17. The summed E-state index contributed by atoms with van der Waals surface area (Å²) in [5.41, 5.74) is 0.565. The van der Waals surface area contributed by atoms with Gasteiger partial charge in [-0.25, -0.2) is 0 Å².